The van der Waals surface area contributed by atoms with Crippen LogP contribution in [0.25, 0.3) is 10.9 Å². The Labute approximate surface area is 172 Å². The van der Waals surface area contributed by atoms with Gasteiger partial charge in [0.25, 0.3) is 0 Å². The molecule has 0 saturated carbocycles. The van der Waals surface area contributed by atoms with Crippen molar-refractivity contribution in [3.05, 3.63) is 65.9 Å². The average Bonchev–Trinajstić information content (AvgIpc) is 3.14. The molecule has 152 valence electrons. The van der Waals surface area contributed by atoms with E-state index in [2.05, 4.69) is 27.8 Å². The average molecular weight is 391 g/mol. The van der Waals surface area contributed by atoms with Crippen LogP contribution < -0.4 is 10.6 Å². The predicted molar refractivity (Wildman–Crippen MR) is 121 cm³/mol. The number of para-hydroxylation sites is 2. The maximum Gasteiger partial charge on any atom is 0.229 e. The molecule has 5 nitrogen and oxygen atoms in total. The summed E-state index contributed by atoms with van der Waals surface area (Å²) in [5.74, 6) is 0.519. The Bertz CT molecular complexity index is 985. The molecule has 0 bridgehead atoms. The number of benzene rings is 2. The molecule has 0 aliphatic rings. The summed E-state index contributed by atoms with van der Waals surface area (Å²) in [6, 6.07) is 16.3. The standard InChI is InChI=1S/C24H30N4O/c1-4-18(5-2)23(29)28-24(27-21-12-8-6-10-17(21)3)25-15-14-19-16-26-22-13-9-7-11-20(19)22/h6-13,16,18,26H,4-5,14-15H2,1-3H3,(H2,25,27,28,29). The number of H-pyrrole nitrogens is 1. The van der Waals surface area contributed by atoms with Crippen LogP contribution >= 0.6 is 0 Å². The molecule has 0 unspecified atom stereocenters. The molecular formula is C24H30N4O. The summed E-state index contributed by atoms with van der Waals surface area (Å²) in [4.78, 5) is 20.6. The van der Waals surface area contributed by atoms with Gasteiger partial charge in [-0.15, -0.1) is 0 Å². The summed E-state index contributed by atoms with van der Waals surface area (Å²) in [5.41, 5.74) is 4.41. The Morgan fingerprint density at radius 1 is 1.07 bits per heavy atom. The van der Waals surface area contributed by atoms with Crippen LogP contribution in [0.4, 0.5) is 5.69 Å². The van der Waals surface area contributed by atoms with E-state index in [-0.39, 0.29) is 11.8 Å². The second kappa shape index (κ2) is 9.92. The predicted octanol–water partition coefficient (Wildman–Crippen LogP) is 5.04. The number of hydrogen-bond acceptors (Lipinski definition) is 2. The fraction of sp³-hybridized carbons (Fsp3) is 0.333. The quantitative estimate of drug-likeness (QED) is 0.391. The molecule has 1 heterocycles. The number of carbonyl (C=O) groups excluding carboxylic acids is 1. The lowest BCUT2D eigenvalue weighted by Crippen LogP contribution is -2.40. The van der Waals surface area contributed by atoms with Gasteiger partial charge in [0.2, 0.25) is 11.9 Å². The Hall–Kier alpha value is -3.08. The molecule has 0 spiro atoms. The minimum atomic E-state index is -0.00696. The lowest BCUT2D eigenvalue weighted by Gasteiger charge is -2.17. The summed E-state index contributed by atoms with van der Waals surface area (Å²) in [6.45, 7) is 6.70. The lowest BCUT2D eigenvalue weighted by atomic mass is 10.0. The molecule has 0 saturated heterocycles. The van der Waals surface area contributed by atoms with Gasteiger partial charge in [0.05, 0.1) is 0 Å². The third-order valence-corrected chi connectivity index (χ3v) is 5.32. The number of hydrogen-bond donors (Lipinski definition) is 3. The van der Waals surface area contributed by atoms with Crippen molar-refractivity contribution in [1.82, 2.24) is 10.3 Å². The van der Waals surface area contributed by atoms with Crippen molar-refractivity contribution in [3.8, 4) is 0 Å². The SMILES string of the molecule is CCC(CC)C(=O)NC(=NCCc1c[nH]c2ccccc12)Nc1ccccc1C. The number of aliphatic imine (C=N–C) groups is 1. The normalized spacial score (nSPS) is 11.8. The lowest BCUT2D eigenvalue weighted by molar-refractivity contribution is -0.123. The zero-order valence-electron chi connectivity index (χ0n) is 17.5. The van der Waals surface area contributed by atoms with Gasteiger partial charge in [-0.25, -0.2) is 0 Å². The van der Waals surface area contributed by atoms with Crippen LogP contribution in [-0.4, -0.2) is 23.4 Å². The van der Waals surface area contributed by atoms with Gasteiger partial charge in [-0.2, -0.15) is 0 Å². The van der Waals surface area contributed by atoms with Gasteiger partial charge in [0.15, 0.2) is 0 Å². The Balaban J connectivity index is 1.75. The van der Waals surface area contributed by atoms with Crippen LogP contribution in [0.5, 0.6) is 0 Å². The number of amides is 1. The summed E-state index contributed by atoms with van der Waals surface area (Å²) < 4.78 is 0. The van der Waals surface area contributed by atoms with Gasteiger partial charge in [-0.05, 0) is 49.4 Å². The van der Waals surface area contributed by atoms with E-state index in [4.69, 9.17) is 4.99 Å². The van der Waals surface area contributed by atoms with E-state index in [0.717, 1.165) is 36.0 Å². The number of nitrogens with zero attached hydrogens (tertiary/aromatic N) is 1. The number of nitrogens with one attached hydrogen (secondary N) is 3. The number of anilines is 1. The molecule has 2 aromatic carbocycles. The number of rotatable bonds is 7. The molecule has 5 heteroatoms. The maximum absolute atomic E-state index is 12.6. The van der Waals surface area contributed by atoms with E-state index in [0.29, 0.717) is 12.5 Å². The molecule has 0 aliphatic carbocycles. The number of aromatic amines is 1. The van der Waals surface area contributed by atoms with Crippen molar-refractivity contribution in [2.75, 3.05) is 11.9 Å². The largest absolute Gasteiger partial charge is 0.361 e. The topological polar surface area (TPSA) is 69.3 Å². The zero-order chi connectivity index (χ0) is 20.6. The monoisotopic (exact) mass is 390 g/mol. The Morgan fingerprint density at radius 3 is 2.55 bits per heavy atom. The zero-order valence-corrected chi connectivity index (χ0v) is 17.5. The van der Waals surface area contributed by atoms with Gasteiger partial charge < -0.3 is 10.3 Å². The van der Waals surface area contributed by atoms with Crippen molar-refractivity contribution in [3.63, 3.8) is 0 Å². The molecule has 3 rings (SSSR count). The second-order valence-electron chi connectivity index (χ2n) is 7.28. The van der Waals surface area contributed by atoms with Crippen molar-refractivity contribution >= 4 is 28.5 Å². The third-order valence-electron chi connectivity index (χ3n) is 5.32. The van der Waals surface area contributed by atoms with Crippen LogP contribution in [0.1, 0.15) is 37.8 Å². The summed E-state index contributed by atoms with van der Waals surface area (Å²) in [5, 5.41) is 7.53. The van der Waals surface area contributed by atoms with Gasteiger partial charge in [0, 0.05) is 35.2 Å². The van der Waals surface area contributed by atoms with E-state index < -0.39 is 0 Å². The van der Waals surface area contributed by atoms with Gasteiger partial charge in [-0.3, -0.25) is 15.1 Å². The maximum atomic E-state index is 12.6. The number of aromatic nitrogens is 1. The highest BCUT2D eigenvalue weighted by molar-refractivity contribution is 6.05. The molecule has 3 aromatic rings. The number of aryl methyl sites for hydroxylation is 1. The van der Waals surface area contributed by atoms with Crippen molar-refractivity contribution < 1.29 is 4.79 Å². The molecule has 0 radical (unpaired) electrons. The molecule has 29 heavy (non-hydrogen) atoms. The minimum absolute atomic E-state index is 0.00696. The highest BCUT2D eigenvalue weighted by Gasteiger charge is 2.16. The number of fused-ring (bicyclic) bond motifs is 1. The highest BCUT2D eigenvalue weighted by Crippen LogP contribution is 2.18. The molecule has 1 aromatic heterocycles. The molecular weight excluding hydrogens is 360 g/mol. The van der Waals surface area contributed by atoms with E-state index >= 15 is 0 Å². The second-order valence-corrected chi connectivity index (χ2v) is 7.28. The summed E-state index contributed by atoms with van der Waals surface area (Å²) >= 11 is 0. The van der Waals surface area contributed by atoms with Crippen molar-refractivity contribution in [1.29, 1.82) is 0 Å². The first-order valence-electron chi connectivity index (χ1n) is 10.3. The molecule has 3 N–H and O–H groups in total. The van der Waals surface area contributed by atoms with Crippen LogP contribution in [0.2, 0.25) is 0 Å². The Kier molecular flexibility index (Phi) is 7.06. The van der Waals surface area contributed by atoms with Gasteiger partial charge in [-0.1, -0.05) is 50.2 Å². The van der Waals surface area contributed by atoms with Crippen LogP contribution in [0.3, 0.4) is 0 Å². The van der Waals surface area contributed by atoms with Crippen molar-refractivity contribution in [2.24, 2.45) is 10.9 Å². The molecule has 0 fully saturated rings. The Morgan fingerprint density at radius 2 is 1.79 bits per heavy atom. The highest BCUT2D eigenvalue weighted by atomic mass is 16.2. The number of guanidine groups is 1. The fourth-order valence-corrected chi connectivity index (χ4v) is 3.46. The van der Waals surface area contributed by atoms with E-state index in [1.807, 2.05) is 63.4 Å². The first-order chi connectivity index (χ1) is 14.1. The summed E-state index contributed by atoms with van der Waals surface area (Å²) in [6.07, 6.45) is 4.46. The first kappa shape index (κ1) is 20.6. The van der Waals surface area contributed by atoms with Gasteiger partial charge >= 0.3 is 0 Å². The molecule has 0 aliphatic heterocycles. The number of carbonyl (C=O) groups is 1. The van der Waals surface area contributed by atoms with E-state index in [1.54, 1.807) is 0 Å². The smallest absolute Gasteiger partial charge is 0.229 e. The molecule has 1 amide bonds. The van der Waals surface area contributed by atoms with E-state index in [9.17, 15) is 4.79 Å². The van der Waals surface area contributed by atoms with Crippen molar-refractivity contribution in [2.45, 2.75) is 40.0 Å². The third kappa shape index (κ3) is 5.25. The molecule has 0 atom stereocenters. The van der Waals surface area contributed by atoms with Crippen LogP contribution in [0, 0.1) is 12.8 Å². The first-order valence-corrected chi connectivity index (χ1v) is 10.3. The minimum Gasteiger partial charge on any atom is -0.361 e. The van der Waals surface area contributed by atoms with Gasteiger partial charge in [0.1, 0.15) is 0 Å². The van der Waals surface area contributed by atoms with Crippen LogP contribution in [-0.2, 0) is 11.2 Å². The fourth-order valence-electron chi connectivity index (χ4n) is 3.46. The van der Waals surface area contributed by atoms with E-state index in [1.165, 1.54) is 10.9 Å². The summed E-state index contributed by atoms with van der Waals surface area (Å²) in [7, 11) is 0. The van der Waals surface area contributed by atoms with Crippen LogP contribution in [0.15, 0.2) is 59.7 Å².